The van der Waals surface area contributed by atoms with Gasteiger partial charge < -0.3 is 44.6 Å². The van der Waals surface area contributed by atoms with Crippen LogP contribution in [0.5, 0.6) is 5.75 Å². The number of methoxy groups -OCH3 is 2. The van der Waals surface area contributed by atoms with Crippen molar-refractivity contribution in [2.75, 3.05) is 27.3 Å². The van der Waals surface area contributed by atoms with Gasteiger partial charge in [0.15, 0.2) is 11.6 Å². The standard InChI is InChI=1S/C41H49FN8O7/c1-21(2)33(47-40(53)55-5)38(51)49-15-7-9-30(49)36-43-18-28(45-36)23-11-12-25-24(17-23)20-57-35-26(25)13-14-27(32(35)42)29-19-44-37(46-29)31-10-8-16-50(31)39(52)34(22(3)4)48-41(54)56-6/h11-14,17-19,21-22,30-31,33-34H,7-10,15-16,20H2,1-6H3,(H,43,45)(H,44,46)(H,47,53)(H,48,54)/t30?,31-,33-,34-/m0/s1. The smallest absolute Gasteiger partial charge is 0.407 e. The van der Waals surface area contributed by atoms with E-state index in [4.69, 9.17) is 14.2 Å². The molecule has 3 aliphatic rings. The van der Waals surface area contributed by atoms with Crippen molar-refractivity contribution in [3.63, 3.8) is 0 Å². The van der Waals surface area contributed by atoms with Gasteiger partial charge in [-0.3, -0.25) is 9.59 Å². The SMILES string of the molecule is COC(=O)N[C@H](C(=O)N1CCCC1c1ncc(-c2ccc3c(c2)COc2c-3ccc(-c3cnc([C@@H]4CCCN4C(=O)[C@@H](NC(=O)OC)C(C)C)[nH]3)c2F)[nH]1)C(C)C. The molecule has 0 spiro atoms. The van der Waals surface area contributed by atoms with Crippen LogP contribution in [-0.4, -0.2) is 93.1 Å². The van der Waals surface area contributed by atoms with E-state index in [-0.39, 0.29) is 48.1 Å². The van der Waals surface area contributed by atoms with Gasteiger partial charge in [0.05, 0.1) is 50.1 Å². The second kappa shape index (κ2) is 16.3. The number of hydrogen-bond donors (Lipinski definition) is 4. The number of rotatable bonds is 10. The van der Waals surface area contributed by atoms with Crippen LogP contribution in [-0.2, 0) is 25.7 Å². The third-order valence-electron chi connectivity index (χ3n) is 11.1. The van der Waals surface area contributed by atoms with E-state index >= 15 is 4.39 Å². The number of likely N-dealkylation sites (tertiary alicyclic amines) is 2. The highest BCUT2D eigenvalue weighted by Crippen LogP contribution is 2.44. The van der Waals surface area contributed by atoms with Crippen molar-refractivity contribution in [1.82, 2.24) is 40.4 Å². The lowest BCUT2D eigenvalue weighted by atomic mass is 9.93. The summed E-state index contributed by atoms with van der Waals surface area (Å²) in [6, 6.07) is 7.31. The maximum absolute atomic E-state index is 16.3. The van der Waals surface area contributed by atoms with Crippen LogP contribution < -0.4 is 15.4 Å². The van der Waals surface area contributed by atoms with Gasteiger partial charge in [-0.25, -0.2) is 23.9 Å². The number of imidazole rings is 2. The number of benzene rings is 2. The predicted octanol–water partition coefficient (Wildman–Crippen LogP) is 6.25. The Hall–Kier alpha value is -5.93. The van der Waals surface area contributed by atoms with Gasteiger partial charge in [0.2, 0.25) is 11.8 Å². The van der Waals surface area contributed by atoms with Crippen molar-refractivity contribution in [1.29, 1.82) is 0 Å². The van der Waals surface area contributed by atoms with Gasteiger partial charge in [-0.2, -0.15) is 0 Å². The molecule has 2 fully saturated rings. The Balaban J connectivity index is 1.08. The summed E-state index contributed by atoms with van der Waals surface area (Å²) in [5.74, 6) is 0.118. The fourth-order valence-corrected chi connectivity index (χ4v) is 8.09. The molecular formula is C41H49FN8O7. The molecule has 0 saturated carbocycles. The molecule has 0 aliphatic carbocycles. The van der Waals surface area contributed by atoms with Crippen LogP contribution in [0.25, 0.3) is 33.6 Å². The van der Waals surface area contributed by atoms with Gasteiger partial charge in [-0.1, -0.05) is 39.8 Å². The van der Waals surface area contributed by atoms with E-state index in [1.807, 2.05) is 52.0 Å². The Morgan fingerprint density at radius 1 is 0.772 bits per heavy atom. The van der Waals surface area contributed by atoms with Crippen LogP contribution in [0, 0.1) is 17.7 Å². The predicted molar refractivity (Wildman–Crippen MR) is 207 cm³/mol. The van der Waals surface area contributed by atoms with Crippen LogP contribution in [0.15, 0.2) is 42.7 Å². The lowest BCUT2D eigenvalue weighted by molar-refractivity contribution is -0.136. The average Bonchev–Trinajstić information content (AvgIpc) is 4.05. The Bertz CT molecular complexity index is 2170. The number of ether oxygens (including phenoxy) is 3. The average molecular weight is 785 g/mol. The molecule has 4 amide bonds. The molecule has 57 heavy (non-hydrogen) atoms. The molecule has 0 radical (unpaired) electrons. The first-order valence-electron chi connectivity index (χ1n) is 19.4. The molecule has 4 atom stereocenters. The van der Waals surface area contributed by atoms with E-state index in [0.717, 1.165) is 41.6 Å². The van der Waals surface area contributed by atoms with E-state index < -0.39 is 30.1 Å². The molecule has 2 saturated heterocycles. The molecule has 0 bridgehead atoms. The highest BCUT2D eigenvalue weighted by atomic mass is 19.1. The number of carbonyl (C=O) groups excluding carboxylic acids is 4. The molecule has 302 valence electrons. The first-order chi connectivity index (χ1) is 27.4. The maximum atomic E-state index is 16.3. The van der Waals surface area contributed by atoms with Gasteiger partial charge in [0, 0.05) is 24.2 Å². The Morgan fingerprint density at radius 2 is 1.28 bits per heavy atom. The molecular weight excluding hydrogens is 735 g/mol. The van der Waals surface area contributed by atoms with E-state index in [1.165, 1.54) is 14.2 Å². The zero-order chi connectivity index (χ0) is 40.5. The Kier molecular flexibility index (Phi) is 11.2. The minimum Gasteiger partial charge on any atom is -0.485 e. The summed E-state index contributed by atoms with van der Waals surface area (Å²) < 4.78 is 31.8. The third kappa shape index (κ3) is 7.64. The quantitative estimate of drug-likeness (QED) is 0.144. The van der Waals surface area contributed by atoms with Crippen LogP contribution in [0.4, 0.5) is 14.0 Å². The summed E-state index contributed by atoms with van der Waals surface area (Å²) in [5, 5.41) is 5.33. The van der Waals surface area contributed by atoms with Gasteiger partial charge in [0.25, 0.3) is 0 Å². The van der Waals surface area contributed by atoms with E-state index in [2.05, 4.69) is 30.6 Å². The number of aromatic amines is 2. The van der Waals surface area contributed by atoms with Crippen molar-refractivity contribution in [3.05, 3.63) is 65.8 Å². The topological polar surface area (TPSA) is 184 Å². The number of amides is 4. The molecule has 5 heterocycles. The number of aromatic nitrogens is 4. The number of nitrogens with one attached hydrogen (secondary N) is 4. The van der Waals surface area contributed by atoms with Crippen molar-refractivity contribution in [2.45, 2.75) is 84.2 Å². The molecule has 2 aromatic heterocycles. The zero-order valence-electron chi connectivity index (χ0n) is 33.0. The lowest BCUT2D eigenvalue weighted by Gasteiger charge is -2.30. The first-order valence-corrected chi connectivity index (χ1v) is 19.4. The summed E-state index contributed by atoms with van der Waals surface area (Å²) in [6.07, 6.45) is 4.96. The van der Waals surface area contributed by atoms with E-state index in [1.54, 1.807) is 28.3 Å². The number of nitrogens with zero attached hydrogens (tertiary/aromatic N) is 4. The second-order valence-electron chi connectivity index (χ2n) is 15.4. The third-order valence-corrected chi connectivity index (χ3v) is 11.1. The maximum Gasteiger partial charge on any atom is 0.407 e. The molecule has 7 rings (SSSR count). The minimum atomic E-state index is -0.763. The normalized spacial score (nSPS) is 18.5. The van der Waals surface area contributed by atoms with Gasteiger partial charge in [-0.15, -0.1) is 0 Å². The fourth-order valence-electron chi connectivity index (χ4n) is 8.09. The van der Waals surface area contributed by atoms with E-state index in [9.17, 15) is 19.2 Å². The lowest BCUT2D eigenvalue weighted by Crippen LogP contribution is -2.51. The van der Waals surface area contributed by atoms with Crippen molar-refractivity contribution < 1.29 is 37.8 Å². The molecule has 1 unspecified atom stereocenters. The van der Waals surface area contributed by atoms with Crippen LogP contribution in [0.1, 0.15) is 82.7 Å². The summed E-state index contributed by atoms with van der Waals surface area (Å²) in [6.45, 7) is 8.68. The van der Waals surface area contributed by atoms with Gasteiger partial charge in [-0.05, 0) is 72.4 Å². The summed E-state index contributed by atoms with van der Waals surface area (Å²) in [5.41, 5.74) is 4.74. The van der Waals surface area contributed by atoms with Crippen molar-refractivity contribution in [2.24, 2.45) is 11.8 Å². The van der Waals surface area contributed by atoms with Crippen LogP contribution in [0.3, 0.4) is 0 Å². The molecule has 16 heteroatoms. The summed E-state index contributed by atoms with van der Waals surface area (Å²) in [4.78, 5) is 70.5. The fraction of sp³-hybridized carbons (Fsp3) is 0.463. The largest absolute Gasteiger partial charge is 0.485 e. The van der Waals surface area contributed by atoms with Crippen LogP contribution >= 0.6 is 0 Å². The first kappa shape index (κ1) is 39.3. The Labute approximate surface area is 330 Å². The number of hydrogen-bond acceptors (Lipinski definition) is 9. The molecule has 3 aliphatic heterocycles. The minimum absolute atomic E-state index is 0.138. The highest BCUT2D eigenvalue weighted by molar-refractivity contribution is 5.87. The number of halogens is 1. The highest BCUT2D eigenvalue weighted by Gasteiger charge is 2.39. The van der Waals surface area contributed by atoms with Gasteiger partial charge in [0.1, 0.15) is 30.3 Å². The van der Waals surface area contributed by atoms with Crippen molar-refractivity contribution in [3.8, 4) is 39.4 Å². The van der Waals surface area contributed by atoms with Crippen molar-refractivity contribution >= 4 is 24.0 Å². The zero-order valence-corrected chi connectivity index (χ0v) is 33.0. The number of fused-ring (bicyclic) bond motifs is 3. The Morgan fingerprint density at radius 3 is 1.82 bits per heavy atom. The molecule has 15 nitrogen and oxygen atoms in total. The van der Waals surface area contributed by atoms with Gasteiger partial charge >= 0.3 is 12.2 Å². The number of carbonyl (C=O) groups is 4. The molecule has 4 N–H and O–H groups in total. The van der Waals surface area contributed by atoms with E-state index in [0.29, 0.717) is 48.0 Å². The summed E-state index contributed by atoms with van der Waals surface area (Å²) in [7, 11) is 2.53. The monoisotopic (exact) mass is 784 g/mol. The number of alkyl carbamates (subject to hydrolysis) is 2. The molecule has 2 aromatic carbocycles. The number of H-pyrrole nitrogens is 2. The molecule has 4 aromatic rings. The van der Waals surface area contributed by atoms with Crippen LogP contribution in [0.2, 0.25) is 0 Å². The second-order valence-corrected chi connectivity index (χ2v) is 15.4. The summed E-state index contributed by atoms with van der Waals surface area (Å²) >= 11 is 0.